The van der Waals surface area contributed by atoms with Gasteiger partial charge in [0.05, 0.1) is 11.9 Å². The summed E-state index contributed by atoms with van der Waals surface area (Å²) < 4.78 is 0.621. The minimum Gasteiger partial charge on any atom is -0.425 e. The Labute approximate surface area is 163 Å². The molecule has 0 radical (unpaired) electrons. The summed E-state index contributed by atoms with van der Waals surface area (Å²) in [5, 5.41) is 10.0. The summed E-state index contributed by atoms with van der Waals surface area (Å²) in [6, 6.07) is 26.0. The van der Waals surface area contributed by atoms with Gasteiger partial charge in [-0.2, -0.15) is 4.73 Å². The quantitative estimate of drug-likeness (QED) is 0.531. The number of aryl methyl sites for hydroxylation is 1. The van der Waals surface area contributed by atoms with Crippen molar-refractivity contribution in [3.63, 3.8) is 0 Å². The molecule has 4 heteroatoms. The summed E-state index contributed by atoms with van der Waals surface area (Å²) in [5.41, 5.74) is 5.60. The number of hydrogen-bond acceptors (Lipinski definition) is 3. The van der Waals surface area contributed by atoms with Gasteiger partial charge in [0.1, 0.15) is 5.69 Å². The smallest absolute Gasteiger partial charge is 0.304 e. The average Bonchev–Trinajstić information content (AvgIpc) is 2.73. The summed E-state index contributed by atoms with van der Waals surface area (Å²) >= 11 is 0. The van der Waals surface area contributed by atoms with Gasteiger partial charge in [-0.25, -0.2) is 4.98 Å². The van der Waals surface area contributed by atoms with E-state index in [0.717, 1.165) is 27.8 Å². The number of aromatic nitrogens is 2. The molecule has 0 spiro atoms. The molecule has 0 saturated carbocycles. The van der Waals surface area contributed by atoms with Crippen LogP contribution in [0, 0.1) is 6.92 Å². The Kier molecular flexibility index (Phi) is 4.77. The molecular formula is C24H20N2O2. The first-order valence-electron chi connectivity index (χ1n) is 9.13. The number of rotatable bonds is 4. The van der Waals surface area contributed by atoms with Gasteiger partial charge >= 0.3 is 5.56 Å². The van der Waals surface area contributed by atoms with Crippen LogP contribution in [0.3, 0.4) is 0 Å². The normalized spacial score (nSPS) is 10.8. The minimum absolute atomic E-state index is 0.313. The highest BCUT2D eigenvalue weighted by Crippen LogP contribution is 2.21. The Hall–Kier alpha value is -3.66. The first-order chi connectivity index (χ1) is 13.6. The third kappa shape index (κ3) is 3.71. The van der Waals surface area contributed by atoms with Crippen LogP contribution in [0.1, 0.15) is 16.8 Å². The van der Waals surface area contributed by atoms with Crippen LogP contribution in [0.2, 0.25) is 0 Å². The fourth-order valence-electron chi connectivity index (χ4n) is 3.15. The summed E-state index contributed by atoms with van der Waals surface area (Å²) in [6.45, 7) is 2.01. The highest BCUT2D eigenvalue weighted by Gasteiger charge is 2.11. The lowest BCUT2D eigenvalue weighted by atomic mass is 10.0. The van der Waals surface area contributed by atoms with Crippen LogP contribution in [0.15, 0.2) is 89.9 Å². The van der Waals surface area contributed by atoms with Gasteiger partial charge < -0.3 is 5.21 Å². The molecule has 0 bridgehead atoms. The van der Waals surface area contributed by atoms with E-state index in [9.17, 15) is 10.0 Å². The van der Waals surface area contributed by atoms with Crippen LogP contribution in [0.25, 0.3) is 22.4 Å². The van der Waals surface area contributed by atoms with Crippen LogP contribution in [-0.2, 0) is 6.42 Å². The van der Waals surface area contributed by atoms with E-state index in [4.69, 9.17) is 0 Å². The second-order valence-electron chi connectivity index (χ2n) is 6.83. The second-order valence-corrected chi connectivity index (χ2v) is 6.83. The zero-order chi connectivity index (χ0) is 19.5. The molecular weight excluding hydrogens is 348 g/mol. The van der Waals surface area contributed by atoms with Gasteiger partial charge in [0.2, 0.25) is 0 Å². The Morgan fingerprint density at radius 3 is 2.11 bits per heavy atom. The van der Waals surface area contributed by atoms with Crippen LogP contribution in [0.4, 0.5) is 0 Å². The Morgan fingerprint density at radius 1 is 0.821 bits per heavy atom. The minimum atomic E-state index is -0.497. The predicted molar refractivity (Wildman–Crippen MR) is 111 cm³/mol. The lowest BCUT2D eigenvalue weighted by Gasteiger charge is -2.08. The molecule has 28 heavy (non-hydrogen) atoms. The van der Waals surface area contributed by atoms with E-state index in [2.05, 4.69) is 17.1 Å². The third-order valence-electron chi connectivity index (χ3n) is 4.73. The van der Waals surface area contributed by atoms with Gasteiger partial charge in [-0.3, -0.25) is 4.79 Å². The maximum Gasteiger partial charge on any atom is 0.304 e. The molecule has 1 N–H and O–H groups in total. The van der Waals surface area contributed by atoms with Crippen LogP contribution in [0.5, 0.6) is 0 Å². The van der Waals surface area contributed by atoms with Crippen molar-refractivity contribution in [1.82, 2.24) is 9.71 Å². The summed E-state index contributed by atoms with van der Waals surface area (Å²) in [6.07, 6.45) is 1.71. The zero-order valence-corrected chi connectivity index (χ0v) is 15.5. The Bertz CT molecular complexity index is 1150. The van der Waals surface area contributed by atoms with Gasteiger partial charge in [0, 0.05) is 12.0 Å². The van der Waals surface area contributed by atoms with Crippen molar-refractivity contribution in [2.24, 2.45) is 0 Å². The van der Waals surface area contributed by atoms with E-state index < -0.39 is 5.56 Å². The summed E-state index contributed by atoms with van der Waals surface area (Å²) in [5.74, 6) is 0. The van der Waals surface area contributed by atoms with Gasteiger partial charge in [-0.15, -0.1) is 0 Å². The molecule has 0 atom stereocenters. The molecule has 0 aliphatic heterocycles. The molecule has 0 unspecified atom stereocenters. The topological polar surface area (TPSA) is 55.1 Å². The highest BCUT2D eigenvalue weighted by atomic mass is 16.5. The van der Waals surface area contributed by atoms with E-state index in [1.165, 1.54) is 6.20 Å². The fourth-order valence-corrected chi connectivity index (χ4v) is 3.15. The van der Waals surface area contributed by atoms with Crippen molar-refractivity contribution in [1.29, 1.82) is 0 Å². The molecule has 3 aromatic carbocycles. The first-order valence-corrected chi connectivity index (χ1v) is 9.13. The van der Waals surface area contributed by atoms with Gasteiger partial charge in [-0.1, -0.05) is 84.4 Å². The Morgan fingerprint density at radius 2 is 1.43 bits per heavy atom. The van der Waals surface area contributed by atoms with Crippen molar-refractivity contribution < 1.29 is 5.21 Å². The number of benzene rings is 3. The lowest BCUT2D eigenvalue weighted by Crippen LogP contribution is -2.24. The van der Waals surface area contributed by atoms with Crippen molar-refractivity contribution in [2.75, 3.05) is 0 Å². The standard InChI is InChI=1S/C24H20N2O2/c1-17-7-11-21(12-8-17)23-16-26(28)24(27)22(25-23)15-18-9-13-20(14-10-18)19-5-3-2-4-6-19/h2-14,16,28H,15H2,1H3. The van der Waals surface area contributed by atoms with Crippen molar-refractivity contribution in [3.05, 3.63) is 112 Å². The molecule has 0 saturated heterocycles. The second kappa shape index (κ2) is 7.53. The van der Waals surface area contributed by atoms with Crippen molar-refractivity contribution in [2.45, 2.75) is 13.3 Å². The van der Waals surface area contributed by atoms with Gasteiger partial charge in [0.25, 0.3) is 0 Å². The molecule has 0 amide bonds. The molecule has 0 aliphatic rings. The number of hydrogen-bond donors (Lipinski definition) is 1. The summed E-state index contributed by atoms with van der Waals surface area (Å²) in [4.78, 5) is 16.9. The number of nitrogens with zero attached hydrogens (tertiary/aromatic N) is 2. The van der Waals surface area contributed by atoms with Crippen LogP contribution in [-0.4, -0.2) is 14.9 Å². The van der Waals surface area contributed by atoms with E-state index in [1.54, 1.807) is 0 Å². The third-order valence-corrected chi connectivity index (χ3v) is 4.73. The Balaban J connectivity index is 1.64. The van der Waals surface area contributed by atoms with Crippen molar-refractivity contribution >= 4 is 0 Å². The summed E-state index contributed by atoms with van der Waals surface area (Å²) in [7, 11) is 0. The van der Waals surface area contributed by atoms with E-state index >= 15 is 0 Å². The average molecular weight is 368 g/mol. The maximum atomic E-state index is 12.3. The predicted octanol–water partition coefficient (Wildman–Crippen LogP) is 4.71. The SMILES string of the molecule is Cc1ccc(-c2cn(O)c(=O)c(Cc3ccc(-c4ccccc4)cc3)n2)cc1. The van der Waals surface area contributed by atoms with E-state index in [0.29, 0.717) is 22.5 Å². The van der Waals surface area contributed by atoms with Gasteiger partial charge in [-0.05, 0) is 23.6 Å². The highest BCUT2D eigenvalue weighted by molar-refractivity contribution is 5.63. The molecule has 4 rings (SSSR count). The van der Waals surface area contributed by atoms with Gasteiger partial charge in [0.15, 0.2) is 0 Å². The molecule has 1 heterocycles. The monoisotopic (exact) mass is 368 g/mol. The molecule has 1 aromatic heterocycles. The zero-order valence-electron chi connectivity index (χ0n) is 15.5. The maximum absolute atomic E-state index is 12.3. The lowest BCUT2D eigenvalue weighted by molar-refractivity contribution is 0.173. The van der Waals surface area contributed by atoms with Crippen molar-refractivity contribution in [3.8, 4) is 22.4 Å². The first kappa shape index (κ1) is 17.7. The molecule has 4 nitrogen and oxygen atoms in total. The van der Waals surface area contributed by atoms with E-state index in [-0.39, 0.29) is 0 Å². The van der Waals surface area contributed by atoms with Crippen LogP contribution >= 0.6 is 0 Å². The van der Waals surface area contributed by atoms with E-state index in [1.807, 2.05) is 73.7 Å². The molecule has 0 aliphatic carbocycles. The fraction of sp³-hybridized carbons (Fsp3) is 0.0833. The molecule has 4 aromatic rings. The molecule has 0 fully saturated rings. The largest absolute Gasteiger partial charge is 0.425 e. The molecule has 138 valence electrons. The van der Waals surface area contributed by atoms with Crippen LogP contribution < -0.4 is 5.56 Å².